The zero-order valence-corrected chi connectivity index (χ0v) is 22.6. The second-order valence-corrected chi connectivity index (χ2v) is 11.8. The Labute approximate surface area is 204 Å². The van der Waals surface area contributed by atoms with Crippen molar-refractivity contribution in [2.24, 2.45) is 22.7 Å². The Kier molecular flexibility index (Phi) is 8.21. The molecule has 0 amide bonds. The van der Waals surface area contributed by atoms with E-state index in [0.717, 1.165) is 34.4 Å². The average molecular weight is 560 g/mol. The van der Waals surface area contributed by atoms with E-state index in [1.54, 1.807) is 14.2 Å². The van der Waals surface area contributed by atoms with E-state index in [9.17, 15) is 0 Å². The number of benzene rings is 1. The summed E-state index contributed by atoms with van der Waals surface area (Å²) in [5.41, 5.74) is 2.96. The number of methoxy groups -OCH3 is 2. The molecular formula is C25H36Br2O4. The van der Waals surface area contributed by atoms with Crippen LogP contribution in [0.5, 0.6) is 11.5 Å². The van der Waals surface area contributed by atoms with Crippen LogP contribution in [0, 0.1) is 22.7 Å². The number of rotatable bonds is 8. The molecule has 4 atom stereocenters. The normalized spacial score (nSPS) is 30.0. The maximum atomic E-state index is 5.95. The predicted molar refractivity (Wildman–Crippen MR) is 132 cm³/mol. The fourth-order valence-electron chi connectivity index (χ4n) is 5.97. The van der Waals surface area contributed by atoms with Crippen LogP contribution in [0.25, 0.3) is 0 Å². The van der Waals surface area contributed by atoms with E-state index in [1.807, 2.05) is 6.07 Å². The van der Waals surface area contributed by atoms with E-state index in [2.05, 4.69) is 65.3 Å². The molecule has 0 aliphatic heterocycles. The van der Waals surface area contributed by atoms with E-state index in [0.29, 0.717) is 16.7 Å². The lowest BCUT2D eigenvalue weighted by Crippen LogP contribution is -2.53. The van der Waals surface area contributed by atoms with Gasteiger partial charge in [0.2, 0.25) is 0 Å². The minimum Gasteiger partial charge on any atom is -0.467 e. The number of hydrogen-bond donors (Lipinski definition) is 0. The van der Waals surface area contributed by atoms with E-state index in [-0.39, 0.29) is 24.4 Å². The summed E-state index contributed by atoms with van der Waals surface area (Å²) < 4.78 is 22.9. The molecule has 2 saturated carbocycles. The summed E-state index contributed by atoms with van der Waals surface area (Å²) in [6.07, 6.45) is 5.59. The first-order valence-electron chi connectivity index (χ1n) is 11.0. The fraction of sp³-hybridized carbons (Fsp3) is 0.680. The van der Waals surface area contributed by atoms with Crippen molar-refractivity contribution in [3.05, 3.63) is 34.3 Å². The predicted octanol–water partition coefficient (Wildman–Crippen LogP) is 7.13. The third kappa shape index (κ3) is 5.02. The third-order valence-electron chi connectivity index (χ3n) is 7.68. The minimum atomic E-state index is 0.201. The molecule has 0 heterocycles. The second-order valence-electron chi connectivity index (χ2n) is 9.83. The summed E-state index contributed by atoms with van der Waals surface area (Å²) in [5.74, 6) is 2.63. The van der Waals surface area contributed by atoms with Gasteiger partial charge in [-0.25, -0.2) is 0 Å². The largest absolute Gasteiger partial charge is 0.467 e. The van der Waals surface area contributed by atoms with Crippen LogP contribution in [-0.2, 0) is 15.9 Å². The Morgan fingerprint density at radius 2 is 1.68 bits per heavy atom. The van der Waals surface area contributed by atoms with Gasteiger partial charge in [0, 0.05) is 19.0 Å². The van der Waals surface area contributed by atoms with E-state index in [1.165, 1.54) is 24.8 Å². The van der Waals surface area contributed by atoms with Gasteiger partial charge in [0.25, 0.3) is 0 Å². The maximum absolute atomic E-state index is 5.95. The highest BCUT2D eigenvalue weighted by Gasteiger charge is 2.55. The quantitative estimate of drug-likeness (QED) is 0.193. The topological polar surface area (TPSA) is 36.9 Å². The molecule has 2 aliphatic rings. The van der Waals surface area contributed by atoms with Gasteiger partial charge in [-0.15, -0.1) is 0 Å². The molecular weight excluding hydrogens is 524 g/mol. The van der Waals surface area contributed by atoms with E-state index in [4.69, 9.17) is 18.9 Å². The lowest BCUT2D eigenvalue weighted by atomic mass is 9.47. The van der Waals surface area contributed by atoms with Gasteiger partial charge in [-0.3, -0.25) is 0 Å². The number of halogens is 2. The van der Waals surface area contributed by atoms with Crippen LogP contribution in [0.2, 0.25) is 0 Å². The smallest absolute Gasteiger partial charge is 0.188 e. The van der Waals surface area contributed by atoms with Gasteiger partial charge >= 0.3 is 0 Å². The summed E-state index contributed by atoms with van der Waals surface area (Å²) in [4.78, 5) is 0.562. The van der Waals surface area contributed by atoms with Crippen LogP contribution in [0.4, 0.5) is 0 Å². The Morgan fingerprint density at radius 1 is 1.03 bits per heavy atom. The Bertz CT molecular complexity index is 794. The molecule has 3 rings (SSSR count). The highest BCUT2D eigenvalue weighted by Crippen LogP contribution is 2.63. The Balaban J connectivity index is 1.97. The minimum absolute atomic E-state index is 0.201. The number of hydrogen-bond acceptors (Lipinski definition) is 4. The molecule has 0 saturated heterocycles. The zero-order valence-electron chi connectivity index (χ0n) is 19.4. The molecule has 2 aliphatic carbocycles. The molecule has 4 nitrogen and oxygen atoms in total. The average Bonchev–Trinajstić information content (AvgIpc) is 2.72. The molecule has 1 aromatic carbocycles. The van der Waals surface area contributed by atoms with Crippen molar-refractivity contribution in [2.75, 3.05) is 27.8 Å². The van der Waals surface area contributed by atoms with Gasteiger partial charge in [0.1, 0.15) is 11.5 Å². The van der Waals surface area contributed by atoms with Gasteiger partial charge in [0.05, 0.1) is 4.47 Å². The molecule has 6 heteroatoms. The van der Waals surface area contributed by atoms with Crippen LogP contribution in [0.15, 0.2) is 28.8 Å². The maximum Gasteiger partial charge on any atom is 0.188 e. The summed E-state index contributed by atoms with van der Waals surface area (Å²) in [6, 6.07) is 4.06. The van der Waals surface area contributed by atoms with Crippen molar-refractivity contribution in [1.82, 2.24) is 0 Å². The van der Waals surface area contributed by atoms with Crippen LogP contribution in [-0.4, -0.2) is 32.6 Å². The highest BCUT2D eigenvalue weighted by atomic mass is 79.9. The standard InChI is InChI=1S/C25H36Br2O4/c1-16-7-8-22-24(2,3)23(27)9-10-25(22,4)18(16)11-17-12-21(31-15-29-6)19(26)13-20(17)30-14-28-5/h12-13,18,22-23H,1,7-11,14-15H2,2-6H3/t18-,22+,23-,25+/m0/s1. The van der Waals surface area contributed by atoms with E-state index < -0.39 is 0 Å². The van der Waals surface area contributed by atoms with Crippen LogP contribution < -0.4 is 9.47 Å². The van der Waals surface area contributed by atoms with Gasteiger partial charge in [-0.05, 0) is 88.4 Å². The first kappa shape index (κ1) is 25.1. The highest BCUT2D eigenvalue weighted by molar-refractivity contribution is 9.10. The first-order valence-corrected chi connectivity index (χ1v) is 12.7. The summed E-state index contributed by atoms with van der Waals surface area (Å²) >= 11 is 7.59. The summed E-state index contributed by atoms with van der Waals surface area (Å²) in [5, 5.41) is 0. The van der Waals surface area contributed by atoms with Gasteiger partial charge in [0.15, 0.2) is 13.6 Å². The van der Waals surface area contributed by atoms with Gasteiger partial charge < -0.3 is 18.9 Å². The molecule has 0 unspecified atom stereocenters. The molecule has 0 aromatic heterocycles. The second kappa shape index (κ2) is 10.1. The molecule has 2 fully saturated rings. The van der Waals surface area contributed by atoms with Crippen LogP contribution in [0.1, 0.15) is 52.0 Å². The van der Waals surface area contributed by atoms with Crippen molar-refractivity contribution in [2.45, 2.75) is 57.7 Å². The Morgan fingerprint density at radius 3 is 2.32 bits per heavy atom. The van der Waals surface area contributed by atoms with Crippen molar-refractivity contribution >= 4 is 31.9 Å². The lowest BCUT2D eigenvalue weighted by Gasteiger charge is -2.59. The molecule has 0 bridgehead atoms. The fourth-order valence-corrected chi connectivity index (χ4v) is 6.95. The molecule has 0 radical (unpaired) electrons. The van der Waals surface area contributed by atoms with Crippen molar-refractivity contribution in [3.63, 3.8) is 0 Å². The van der Waals surface area contributed by atoms with Crippen molar-refractivity contribution in [1.29, 1.82) is 0 Å². The van der Waals surface area contributed by atoms with Gasteiger partial charge in [-0.2, -0.15) is 0 Å². The molecule has 1 aromatic rings. The monoisotopic (exact) mass is 558 g/mol. The van der Waals surface area contributed by atoms with Crippen molar-refractivity contribution < 1.29 is 18.9 Å². The zero-order chi connectivity index (χ0) is 22.8. The van der Waals surface area contributed by atoms with E-state index >= 15 is 0 Å². The number of alkyl halides is 1. The van der Waals surface area contributed by atoms with Gasteiger partial charge in [-0.1, -0.05) is 48.9 Å². The SMILES string of the molecule is C=C1CC[C@@H]2C(C)(C)[C@@H](Br)CC[C@]2(C)[C@H]1Cc1cc(OCOC)c(Br)cc1OCOC. The number of ether oxygens (including phenoxy) is 4. The summed E-state index contributed by atoms with van der Waals surface area (Å²) in [7, 11) is 3.26. The number of allylic oxidation sites excluding steroid dienone is 1. The molecule has 31 heavy (non-hydrogen) atoms. The third-order valence-corrected chi connectivity index (χ3v) is 9.94. The Hall–Kier alpha value is -0.560. The number of fused-ring (bicyclic) bond motifs is 1. The lowest BCUT2D eigenvalue weighted by molar-refractivity contribution is -0.0463. The molecule has 174 valence electrons. The molecule has 0 N–H and O–H groups in total. The first-order chi connectivity index (χ1) is 14.6. The summed E-state index contributed by atoms with van der Waals surface area (Å²) in [6.45, 7) is 12.3. The molecule has 0 spiro atoms. The van der Waals surface area contributed by atoms with Crippen LogP contribution in [0.3, 0.4) is 0 Å². The van der Waals surface area contributed by atoms with Crippen LogP contribution >= 0.6 is 31.9 Å². The van der Waals surface area contributed by atoms with Crippen molar-refractivity contribution in [3.8, 4) is 11.5 Å².